The van der Waals surface area contributed by atoms with Gasteiger partial charge in [0.25, 0.3) is 5.91 Å². The van der Waals surface area contributed by atoms with Gasteiger partial charge in [0, 0.05) is 18.9 Å². The molecule has 0 spiro atoms. The van der Waals surface area contributed by atoms with Crippen molar-refractivity contribution in [3.05, 3.63) is 42.4 Å². The van der Waals surface area contributed by atoms with E-state index >= 15 is 0 Å². The molecule has 2 aromatic heterocycles. The van der Waals surface area contributed by atoms with Crippen LogP contribution in [0.5, 0.6) is 0 Å². The van der Waals surface area contributed by atoms with Crippen LogP contribution in [0, 0.1) is 0 Å². The van der Waals surface area contributed by atoms with Crippen molar-refractivity contribution < 1.29 is 14.3 Å². The molecule has 2 amide bonds. The third-order valence-electron chi connectivity index (χ3n) is 3.55. The van der Waals surface area contributed by atoms with Crippen LogP contribution in [0.4, 0.5) is 4.79 Å². The molecule has 0 aliphatic carbocycles. The van der Waals surface area contributed by atoms with Gasteiger partial charge in [0.2, 0.25) is 0 Å². The molecule has 0 N–H and O–H groups in total. The van der Waals surface area contributed by atoms with E-state index in [0.29, 0.717) is 6.54 Å². The lowest BCUT2D eigenvalue weighted by Gasteiger charge is -2.10. The molecule has 7 heteroatoms. The number of unbranched alkanes of at least 4 members (excludes halogenated alkanes) is 1. The molecule has 0 bridgehead atoms. The first kappa shape index (κ1) is 15.6. The van der Waals surface area contributed by atoms with Gasteiger partial charge in [-0.05, 0) is 43.7 Å². The first-order chi connectivity index (χ1) is 11.2. The minimum absolute atomic E-state index is 0.121. The van der Waals surface area contributed by atoms with Gasteiger partial charge in [-0.2, -0.15) is 0 Å². The highest BCUT2D eigenvalue weighted by molar-refractivity contribution is 7.99. The Morgan fingerprint density at radius 2 is 2.17 bits per heavy atom. The lowest BCUT2D eigenvalue weighted by atomic mass is 10.3. The number of amides is 2. The molecule has 1 aliphatic rings. The highest BCUT2D eigenvalue weighted by Crippen LogP contribution is 2.21. The predicted molar refractivity (Wildman–Crippen MR) is 87.1 cm³/mol. The fourth-order valence-corrected chi connectivity index (χ4v) is 3.40. The van der Waals surface area contributed by atoms with Crippen molar-refractivity contribution in [1.82, 2.24) is 14.3 Å². The van der Waals surface area contributed by atoms with Crippen molar-refractivity contribution in [2.24, 2.45) is 0 Å². The van der Waals surface area contributed by atoms with Crippen LogP contribution >= 0.6 is 11.8 Å². The van der Waals surface area contributed by atoms with E-state index in [4.69, 9.17) is 4.74 Å². The van der Waals surface area contributed by atoms with E-state index in [-0.39, 0.29) is 11.7 Å². The number of imide groups is 1. The summed E-state index contributed by atoms with van der Waals surface area (Å²) in [5.74, 6) is 0.690. The maximum atomic E-state index is 11.8. The van der Waals surface area contributed by atoms with Crippen LogP contribution in [0.25, 0.3) is 5.65 Å². The fourth-order valence-electron chi connectivity index (χ4n) is 2.37. The molecule has 6 nitrogen and oxygen atoms in total. The van der Waals surface area contributed by atoms with Crippen LogP contribution in [0.15, 0.2) is 47.5 Å². The van der Waals surface area contributed by atoms with Crippen molar-refractivity contribution in [3.63, 3.8) is 0 Å². The van der Waals surface area contributed by atoms with Gasteiger partial charge in [-0.25, -0.2) is 14.7 Å². The van der Waals surface area contributed by atoms with E-state index < -0.39 is 6.09 Å². The van der Waals surface area contributed by atoms with Crippen molar-refractivity contribution >= 4 is 29.4 Å². The number of hydrogen-bond acceptors (Lipinski definition) is 5. The predicted octanol–water partition coefficient (Wildman–Crippen LogP) is 3.09. The number of thioether (sulfide) groups is 1. The number of pyridine rings is 1. The van der Waals surface area contributed by atoms with Crippen LogP contribution in [0.2, 0.25) is 0 Å². The number of carbonyl (C=O) groups excluding carboxylic acids is 2. The molecule has 3 heterocycles. The third kappa shape index (κ3) is 3.24. The first-order valence-electron chi connectivity index (χ1n) is 7.45. The SMILES string of the molecule is CC=C1OC(=O)N(CCCCSc2cccc3nccn23)C1=O. The number of carbonyl (C=O) groups is 2. The van der Waals surface area contributed by atoms with Crippen molar-refractivity contribution in [1.29, 1.82) is 0 Å². The third-order valence-corrected chi connectivity index (χ3v) is 4.67. The molecular weight excluding hydrogens is 314 g/mol. The van der Waals surface area contributed by atoms with Gasteiger partial charge >= 0.3 is 6.09 Å². The zero-order valence-electron chi connectivity index (χ0n) is 12.8. The number of rotatable bonds is 6. The molecule has 0 unspecified atom stereocenters. The van der Waals surface area contributed by atoms with E-state index in [9.17, 15) is 9.59 Å². The number of allylic oxidation sites excluding steroid dienone is 1. The lowest BCUT2D eigenvalue weighted by molar-refractivity contribution is -0.123. The Labute approximate surface area is 138 Å². The summed E-state index contributed by atoms with van der Waals surface area (Å²) >= 11 is 1.74. The van der Waals surface area contributed by atoms with Gasteiger partial charge in [0.15, 0.2) is 5.76 Å². The van der Waals surface area contributed by atoms with Crippen molar-refractivity contribution in [2.45, 2.75) is 24.8 Å². The first-order valence-corrected chi connectivity index (χ1v) is 8.44. The summed E-state index contributed by atoms with van der Waals surface area (Å²) in [5.41, 5.74) is 0.930. The normalized spacial score (nSPS) is 16.6. The Bertz CT molecular complexity index is 769. The highest BCUT2D eigenvalue weighted by Gasteiger charge is 2.35. The average molecular weight is 331 g/mol. The van der Waals surface area contributed by atoms with E-state index in [2.05, 4.69) is 11.1 Å². The summed E-state index contributed by atoms with van der Waals surface area (Å²) in [6.45, 7) is 2.07. The van der Waals surface area contributed by atoms with Crippen LogP contribution in [-0.4, -0.2) is 38.6 Å². The highest BCUT2D eigenvalue weighted by atomic mass is 32.2. The Morgan fingerprint density at radius 3 is 2.96 bits per heavy atom. The number of fused-ring (bicyclic) bond motifs is 1. The summed E-state index contributed by atoms with van der Waals surface area (Å²) in [7, 11) is 0. The van der Waals surface area contributed by atoms with Gasteiger partial charge in [0.1, 0.15) is 5.65 Å². The number of hydrogen-bond donors (Lipinski definition) is 0. The summed E-state index contributed by atoms with van der Waals surface area (Å²) < 4.78 is 6.93. The maximum absolute atomic E-state index is 11.8. The smallest absolute Gasteiger partial charge is 0.404 e. The van der Waals surface area contributed by atoms with E-state index in [1.54, 1.807) is 24.9 Å². The number of ether oxygens (including phenoxy) is 1. The van der Waals surface area contributed by atoms with Crippen molar-refractivity contribution in [2.75, 3.05) is 12.3 Å². The number of aromatic nitrogens is 2. The van der Waals surface area contributed by atoms with Gasteiger partial charge in [-0.3, -0.25) is 9.20 Å². The van der Waals surface area contributed by atoms with E-state index in [1.807, 2.05) is 22.7 Å². The molecular formula is C16H17N3O3S. The largest absolute Gasteiger partial charge is 0.422 e. The quantitative estimate of drug-likeness (QED) is 0.462. The van der Waals surface area contributed by atoms with Crippen LogP contribution in [0.1, 0.15) is 19.8 Å². The Hall–Kier alpha value is -2.28. The summed E-state index contributed by atoms with van der Waals surface area (Å²) in [4.78, 5) is 28.8. The molecule has 23 heavy (non-hydrogen) atoms. The molecule has 1 aliphatic heterocycles. The summed E-state index contributed by atoms with van der Waals surface area (Å²) in [5, 5.41) is 1.13. The van der Waals surface area contributed by atoms with Gasteiger partial charge in [-0.15, -0.1) is 11.8 Å². The standard InChI is InChI=1S/C16H17N3O3S/c1-2-12-15(20)19(16(21)22-12)9-3-4-11-23-14-7-5-6-13-17-8-10-18(13)14/h2,5-8,10H,3-4,9,11H2,1H3. The maximum Gasteiger partial charge on any atom is 0.422 e. The topological polar surface area (TPSA) is 63.9 Å². The molecule has 0 aromatic carbocycles. The number of nitrogens with zero attached hydrogens (tertiary/aromatic N) is 3. The monoisotopic (exact) mass is 331 g/mol. The molecule has 0 radical (unpaired) electrons. The Morgan fingerprint density at radius 1 is 1.30 bits per heavy atom. The summed E-state index contributed by atoms with van der Waals surface area (Å²) in [6.07, 6.45) is 6.32. The van der Waals surface area contributed by atoms with E-state index in [1.165, 1.54) is 6.08 Å². The number of imidazole rings is 1. The lowest BCUT2D eigenvalue weighted by Crippen LogP contribution is -2.29. The molecule has 0 atom stereocenters. The number of cyclic esters (lactones) is 1. The van der Waals surface area contributed by atoms with Gasteiger partial charge in [-0.1, -0.05) is 6.07 Å². The molecule has 1 fully saturated rings. The molecule has 3 rings (SSSR count). The van der Waals surface area contributed by atoms with Crippen LogP contribution in [-0.2, 0) is 9.53 Å². The second kappa shape index (κ2) is 6.87. The second-order valence-corrected chi connectivity index (χ2v) is 6.17. The average Bonchev–Trinajstić information content (AvgIpc) is 3.13. The van der Waals surface area contributed by atoms with Crippen LogP contribution in [0.3, 0.4) is 0 Å². The second-order valence-electron chi connectivity index (χ2n) is 5.05. The minimum Gasteiger partial charge on any atom is -0.404 e. The Balaban J connectivity index is 1.47. The van der Waals surface area contributed by atoms with Crippen molar-refractivity contribution in [3.8, 4) is 0 Å². The molecule has 0 saturated carbocycles. The Kier molecular flexibility index (Phi) is 4.66. The zero-order chi connectivity index (χ0) is 16.2. The molecule has 120 valence electrons. The summed E-state index contributed by atoms with van der Waals surface area (Å²) in [6, 6.07) is 6.01. The van der Waals surface area contributed by atoms with Gasteiger partial charge < -0.3 is 4.74 Å². The van der Waals surface area contributed by atoms with Crippen LogP contribution < -0.4 is 0 Å². The zero-order valence-corrected chi connectivity index (χ0v) is 13.6. The molecule has 2 aromatic rings. The molecule has 1 saturated heterocycles. The minimum atomic E-state index is -0.570. The van der Waals surface area contributed by atoms with E-state index in [0.717, 1.165) is 34.2 Å². The fraction of sp³-hybridized carbons (Fsp3) is 0.312. The van der Waals surface area contributed by atoms with Gasteiger partial charge in [0.05, 0.1) is 5.03 Å².